The first-order chi connectivity index (χ1) is 12.9. The van der Waals surface area contributed by atoms with Gasteiger partial charge in [0, 0.05) is 37.8 Å². The van der Waals surface area contributed by atoms with Gasteiger partial charge >= 0.3 is 0 Å². The van der Waals surface area contributed by atoms with Crippen LogP contribution in [0.2, 0.25) is 0 Å². The van der Waals surface area contributed by atoms with Crippen LogP contribution in [0.4, 0.5) is 0 Å². The molecule has 27 heavy (non-hydrogen) atoms. The Morgan fingerprint density at radius 1 is 1.26 bits per heavy atom. The molecule has 8 heteroatoms. The molecule has 3 heterocycles. The molecule has 1 unspecified atom stereocenters. The molecule has 0 bridgehead atoms. The molecule has 0 amide bonds. The third-order valence-corrected chi connectivity index (χ3v) is 7.79. The average Bonchev–Trinajstić information content (AvgIpc) is 2.67. The second-order valence-corrected chi connectivity index (χ2v) is 9.37. The van der Waals surface area contributed by atoms with Gasteiger partial charge in [-0.3, -0.25) is 9.88 Å². The molecule has 2 saturated heterocycles. The number of piperazine rings is 1. The Bertz CT molecular complexity index is 978. The number of aryl methyl sites for hydroxylation is 2. The Labute approximate surface area is 159 Å². The number of hydrogen-bond acceptors (Lipinski definition) is 6. The lowest BCUT2D eigenvalue weighted by molar-refractivity contribution is -0.114. The average molecular weight is 391 g/mol. The Hall–Kier alpha value is -1.58. The molecule has 1 aromatic carbocycles. The van der Waals surface area contributed by atoms with Crippen molar-refractivity contribution in [3.05, 3.63) is 35.5 Å². The number of benzene rings is 1. The van der Waals surface area contributed by atoms with E-state index in [0.717, 1.165) is 10.9 Å². The van der Waals surface area contributed by atoms with Crippen LogP contribution in [-0.4, -0.2) is 79.3 Å². The number of aliphatic hydroxyl groups excluding tert-OH is 1. The molecule has 146 valence electrons. The van der Waals surface area contributed by atoms with Crippen LogP contribution in [0.3, 0.4) is 0 Å². The van der Waals surface area contributed by atoms with E-state index in [1.165, 1.54) is 4.31 Å². The Morgan fingerprint density at radius 3 is 2.85 bits per heavy atom. The van der Waals surface area contributed by atoms with Crippen molar-refractivity contribution in [2.75, 3.05) is 46.0 Å². The molecule has 2 aromatic rings. The number of nitrogens with zero attached hydrogens (tertiary/aromatic N) is 3. The van der Waals surface area contributed by atoms with Crippen molar-refractivity contribution in [2.24, 2.45) is 0 Å². The van der Waals surface area contributed by atoms with Gasteiger partial charge in [0.25, 0.3) is 0 Å². The minimum atomic E-state index is -3.76. The summed E-state index contributed by atoms with van der Waals surface area (Å²) in [6.07, 6.45) is 1.63. The number of hydrogen-bond donors (Lipinski definition) is 1. The third kappa shape index (κ3) is 2.96. The van der Waals surface area contributed by atoms with Gasteiger partial charge in [-0.25, -0.2) is 8.42 Å². The summed E-state index contributed by atoms with van der Waals surface area (Å²) < 4.78 is 34.3. The van der Waals surface area contributed by atoms with Crippen molar-refractivity contribution in [2.45, 2.75) is 24.3 Å². The van der Waals surface area contributed by atoms with E-state index in [0.29, 0.717) is 43.9 Å². The molecule has 0 spiro atoms. The second kappa shape index (κ2) is 6.79. The lowest BCUT2D eigenvalue weighted by atomic mass is 9.95. The maximum Gasteiger partial charge on any atom is 0.245 e. The zero-order chi connectivity index (χ0) is 19.2. The van der Waals surface area contributed by atoms with Crippen LogP contribution in [0, 0.1) is 13.8 Å². The van der Waals surface area contributed by atoms with E-state index in [1.54, 1.807) is 6.20 Å². The molecule has 0 saturated carbocycles. The summed E-state index contributed by atoms with van der Waals surface area (Å²) in [7, 11) is -3.76. The van der Waals surface area contributed by atoms with Gasteiger partial charge < -0.3 is 9.84 Å². The van der Waals surface area contributed by atoms with Crippen LogP contribution >= 0.6 is 0 Å². The zero-order valence-corrected chi connectivity index (χ0v) is 16.5. The van der Waals surface area contributed by atoms with Gasteiger partial charge in [-0.05, 0) is 31.0 Å². The van der Waals surface area contributed by atoms with E-state index in [4.69, 9.17) is 4.74 Å². The number of sulfonamides is 1. The predicted octanol–water partition coefficient (Wildman–Crippen LogP) is 0.919. The van der Waals surface area contributed by atoms with Crippen LogP contribution in [0.15, 0.2) is 29.3 Å². The fourth-order valence-electron chi connectivity index (χ4n) is 4.31. The molecule has 2 fully saturated rings. The molecule has 1 atom stereocenters. The van der Waals surface area contributed by atoms with Crippen LogP contribution in [0.1, 0.15) is 11.1 Å². The van der Waals surface area contributed by atoms with Gasteiger partial charge in [0.1, 0.15) is 4.90 Å². The molecular weight excluding hydrogens is 366 g/mol. The maximum atomic E-state index is 13.6. The SMILES string of the molecule is Cc1cc(C)c2cccnc2c1S(=O)(=O)N1CCN2CCOCC2(CO)C1. The summed E-state index contributed by atoms with van der Waals surface area (Å²) in [6, 6.07) is 5.62. The minimum absolute atomic E-state index is 0.134. The lowest BCUT2D eigenvalue weighted by Gasteiger charge is -2.51. The van der Waals surface area contributed by atoms with E-state index >= 15 is 0 Å². The van der Waals surface area contributed by atoms with Crippen LogP contribution in [-0.2, 0) is 14.8 Å². The third-order valence-electron chi connectivity index (χ3n) is 5.77. The summed E-state index contributed by atoms with van der Waals surface area (Å²) in [5.74, 6) is 0. The first-order valence-electron chi connectivity index (χ1n) is 9.18. The number of rotatable bonds is 3. The molecule has 7 nitrogen and oxygen atoms in total. The van der Waals surface area contributed by atoms with Gasteiger partial charge in [-0.2, -0.15) is 4.31 Å². The minimum Gasteiger partial charge on any atom is -0.394 e. The van der Waals surface area contributed by atoms with E-state index in [9.17, 15) is 13.5 Å². The summed E-state index contributed by atoms with van der Waals surface area (Å²) in [4.78, 5) is 6.81. The monoisotopic (exact) mass is 391 g/mol. The molecule has 1 N–H and O–H groups in total. The molecular formula is C19H25N3O4S. The number of fused-ring (bicyclic) bond motifs is 2. The van der Waals surface area contributed by atoms with Crippen LogP contribution < -0.4 is 0 Å². The fraction of sp³-hybridized carbons (Fsp3) is 0.526. The number of aromatic nitrogens is 1. The predicted molar refractivity (Wildman–Crippen MR) is 102 cm³/mol. The Morgan fingerprint density at radius 2 is 2.07 bits per heavy atom. The van der Waals surface area contributed by atoms with E-state index in [2.05, 4.69) is 9.88 Å². The zero-order valence-electron chi connectivity index (χ0n) is 15.7. The first-order valence-corrected chi connectivity index (χ1v) is 10.6. The molecule has 1 aromatic heterocycles. The maximum absolute atomic E-state index is 13.6. The van der Waals surface area contributed by atoms with Gasteiger partial charge in [-0.1, -0.05) is 12.1 Å². The summed E-state index contributed by atoms with van der Waals surface area (Å²) in [5.41, 5.74) is 1.53. The van der Waals surface area contributed by atoms with Gasteiger partial charge in [0.05, 0.1) is 30.9 Å². The molecule has 2 aliphatic heterocycles. The highest BCUT2D eigenvalue weighted by molar-refractivity contribution is 7.89. The molecule has 4 rings (SSSR count). The quantitative estimate of drug-likeness (QED) is 0.838. The highest BCUT2D eigenvalue weighted by Crippen LogP contribution is 2.33. The van der Waals surface area contributed by atoms with Crippen LogP contribution in [0.25, 0.3) is 10.9 Å². The van der Waals surface area contributed by atoms with Crippen molar-refractivity contribution in [1.29, 1.82) is 0 Å². The molecule has 0 radical (unpaired) electrons. The molecule has 0 aliphatic carbocycles. The Balaban J connectivity index is 1.80. The van der Waals surface area contributed by atoms with Gasteiger partial charge in [0.15, 0.2) is 0 Å². The normalized spacial score (nSPS) is 24.9. The number of ether oxygens (including phenoxy) is 1. The van der Waals surface area contributed by atoms with Crippen molar-refractivity contribution in [3.63, 3.8) is 0 Å². The number of pyridine rings is 1. The smallest absolute Gasteiger partial charge is 0.245 e. The number of morpholine rings is 1. The Kier molecular flexibility index (Phi) is 4.72. The fourth-order valence-corrected chi connectivity index (χ4v) is 6.18. The van der Waals surface area contributed by atoms with E-state index in [-0.39, 0.29) is 18.0 Å². The van der Waals surface area contributed by atoms with Crippen molar-refractivity contribution >= 4 is 20.9 Å². The molecule has 2 aliphatic rings. The van der Waals surface area contributed by atoms with Crippen molar-refractivity contribution in [3.8, 4) is 0 Å². The highest BCUT2D eigenvalue weighted by atomic mass is 32.2. The number of aliphatic hydroxyl groups is 1. The van der Waals surface area contributed by atoms with E-state index < -0.39 is 15.6 Å². The lowest BCUT2D eigenvalue weighted by Crippen LogP contribution is -2.69. The van der Waals surface area contributed by atoms with Crippen molar-refractivity contribution < 1.29 is 18.3 Å². The standard InChI is InChI=1S/C19H25N3O4S/c1-14-10-15(2)18(17-16(14)4-3-5-20-17)27(24,25)22-7-6-21-8-9-26-13-19(21,11-22)12-23/h3-5,10,23H,6-9,11-13H2,1-2H3. The summed E-state index contributed by atoms with van der Waals surface area (Å²) in [5, 5.41) is 10.9. The van der Waals surface area contributed by atoms with Crippen LogP contribution in [0.5, 0.6) is 0 Å². The largest absolute Gasteiger partial charge is 0.394 e. The highest BCUT2D eigenvalue weighted by Gasteiger charge is 2.47. The summed E-state index contributed by atoms with van der Waals surface area (Å²) >= 11 is 0. The van der Waals surface area contributed by atoms with Crippen molar-refractivity contribution in [1.82, 2.24) is 14.2 Å². The topological polar surface area (TPSA) is 83.0 Å². The second-order valence-electron chi connectivity index (χ2n) is 7.50. The first kappa shape index (κ1) is 18.8. The summed E-state index contributed by atoms with van der Waals surface area (Å²) in [6.45, 7) is 6.50. The van der Waals surface area contributed by atoms with E-state index in [1.807, 2.05) is 32.0 Å². The van der Waals surface area contributed by atoms with Gasteiger partial charge in [0.2, 0.25) is 10.0 Å². The van der Waals surface area contributed by atoms with Gasteiger partial charge in [-0.15, -0.1) is 0 Å².